The molecule has 0 aliphatic carbocycles. The Morgan fingerprint density at radius 1 is 1.30 bits per heavy atom. The van der Waals surface area contributed by atoms with Crippen LogP contribution in [0.4, 0.5) is 5.69 Å². The number of nitrogens with zero attached hydrogens (tertiary/aromatic N) is 5. The highest BCUT2D eigenvalue weighted by atomic mass is 35.5. The molecule has 0 bridgehead atoms. The minimum Gasteiger partial charge on any atom is -0.319 e. The number of carbonyl (C=O) groups is 1. The van der Waals surface area contributed by atoms with E-state index in [9.17, 15) is 9.59 Å². The second-order valence-electron chi connectivity index (χ2n) is 5.85. The maximum absolute atomic E-state index is 12.9. The molecule has 136 valence electrons. The highest BCUT2D eigenvalue weighted by molar-refractivity contribution is 7.20. The molecule has 3 aromatic heterocycles. The van der Waals surface area contributed by atoms with Gasteiger partial charge in [-0.15, -0.1) is 11.3 Å². The van der Waals surface area contributed by atoms with Gasteiger partial charge in [0.05, 0.1) is 28.0 Å². The molecule has 0 saturated carbocycles. The SMILES string of the molecule is Cc1c(C(=O)Nc2cc(Cl)ccc2-n2cncn2)sc2ncn(C)c(=O)c12. The zero-order valence-electron chi connectivity index (χ0n) is 14.3. The van der Waals surface area contributed by atoms with E-state index in [1.807, 2.05) is 0 Å². The van der Waals surface area contributed by atoms with E-state index in [4.69, 9.17) is 11.6 Å². The number of rotatable bonds is 3. The molecule has 8 nitrogen and oxygen atoms in total. The zero-order valence-corrected chi connectivity index (χ0v) is 15.9. The topological polar surface area (TPSA) is 94.7 Å². The summed E-state index contributed by atoms with van der Waals surface area (Å²) in [7, 11) is 1.63. The number of nitrogens with one attached hydrogen (secondary N) is 1. The van der Waals surface area contributed by atoms with E-state index in [2.05, 4.69) is 20.4 Å². The van der Waals surface area contributed by atoms with Crippen molar-refractivity contribution in [2.75, 3.05) is 5.32 Å². The highest BCUT2D eigenvalue weighted by Gasteiger charge is 2.20. The number of carbonyl (C=O) groups excluding carboxylic acids is 1. The smallest absolute Gasteiger partial charge is 0.266 e. The fourth-order valence-electron chi connectivity index (χ4n) is 2.75. The van der Waals surface area contributed by atoms with Crippen LogP contribution in [0.2, 0.25) is 5.02 Å². The van der Waals surface area contributed by atoms with E-state index < -0.39 is 0 Å². The van der Waals surface area contributed by atoms with Crippen LogP contribution in [0.5, 0.6) is 0 Å². The van der Waals surface area contributed by atoms with Gasteiger partial charge in [0.25, 0.3) is 11.5 Å². The molecule has 0 fully saturated rings. The highest BCUT2D eigenvalue weighted by Crippen LogP contribution is 2.29. The van der Waals surface area contributed by atoms with Crippen LogP contribution >= 0.6 is 22.9 Å². The van der Waals surface area contributed by atoms with Gasteiger partial charge in [0.1, 0.15) is 17.5 Å². The largest absolute Gasteiger partial charge is 0.319 e. The van der Waals surface area contributed by atoms with Gasteiger partial charge in [0.2, 0.25) is 0 Å². The molecular weight excluding hydrogens is 388 g/mol. The van der Waals surface area contributed by atoms with Crippen molar-refractivity contribution in [3.05, 3.63) is 63.0 Å². The van der Waals surface area contributed by atoms with Crippen LogP contribution in [0.25, 0.3) is 15.9 Å². The van der Waals surface area contributed by atoms with Gasteiger partial charge in [-0.1, -0.05) is 11.6 Å². The fraction of sp³-hybridized carbons (Fsp3) is 0.118. The van der Waals surface area contributed by atoms with Crippen LogP contribution in [0.1, 0.15) is 15.2 Å². The van der Waals surface area contributed by atoms with Crippen LogP contribution in [-0.2, 0) is 7.05 Å². The van der Waals surface area contributed by atoms with Crippen molar-refractivity contribution in [1.29, 1.82) is 0 Å². The number of aryl methyl sites for hydroxylation is 2. The van der Waals surface area contributed by atoms with Gasteiger partial charge in [-0.25, -0.2) is 14.6 Å². The Morgan fingerprint density at radius 2 is 2.11 bits per heavy atom. The van der Waals surface area contributed by atoms with Gasteiger partial charge < -0.3 is 9.88 Å². The molecule has 27 heavy (non-hydrogen) atoms. The van der Waals surface area contributed by atoms with E-state index in [1.54, 1.807) is 32.2 Å². The fourth-order valence-corrected chi connectivity index (χ4v) is 3.95. The number of hydrogen-bond acceptors (Lipinski definition) is 6. The van der Waals surface area contributed by atoms with Crippen molar-refractivity contribution in [2.45, 2.75) is 6.92 Å². The van der Waals surface area contributed by atoms with Crippen LogP contribution < -0.4 is 10.9 Å². The van der Waals surface area contributed by atoms with E-state index >= 15 is 0 Å². The molecule has 4 rings (SSSR count). The standard InChI is InChI=1S/C17H13ClN6O2S/c1-9-13-16(20-8-23(2)17(13)26)27-14(9)15(25)22-11-5-10(18)3-4-12(11)24-7-19-6-21-24/h3-8H,1-2H3,(H,22,25). The van der Waals surface area contributed by atoms with Crippen LogP contribution in [0, 0.1) is 6.92 Å². The molecule has 4 aromatic rings. The molecule has 0 aliphatic heterocycles. The average Bonchev–Trinajstić information content (AvgIpc) is 3.27. The first kappa shape index (κ1) is 17.4. The number of aromatic nitrogens is 5. The number of hydrogen-bond donors (Lipinski definition) is 1. The third-order valence-corrected chi connectivity index (χ3v) is 5.52. The Bertz CT molecular complexity index is 1230. The van der Waals surface area contributed by atoms with E-state index in [-0.39, 0.29) is 11.5 Å². The van der Waals surface area contributed by atoms with Gasteiger partial charge >= 0.3 is 0 Å². The maximum Gasteiger partial charge on any atom is 0.266 e. The second kappa shape index (κ2) is 6.60. The lowest BCUT2D eigenvalue weighted by Crippen LogP contribution is -2.17. The molecule has 0 atom stereocenters. The molecule has 1 aromatic carbocycles. The number of anilines is 1. The molecule has 0 radical (unpaired) electrons. The molecule has 0 saturated heterocycles. The third-order valence-electron chi connectivity index (χ3n) is 4.09. The summed E-state index contributed by atoms with van der Waals surface area (Å²) in [5, 5.41) is 7.87. The van der Waals surface area contributed by atoms with Crippen molar-refractivity contribution >= 4 is 44.7 Å². The quantitative estimate of drug-likeness (QED) is 0.570. The first-order valence-corrected chi connectivity index (χ1v) is 9.06. The molecule has 10 heteroatoms. The minimum absolute atomic E-state index is 0.182. The summed E-state index contributed by atoms with van der Waals surface area (Å²) < 4.78 is 2.92. The number of amides is 1. The van der Waals surface area contributed by atoms with Crippen molar-refractivity contribution < 1.29 is 4.79 Å². The second-order valence-corrected chi connectivity index (χ2v) is 7.29. The zero-order chi connectivity index (χ0) is 19.1. The summed E-state index contributed by atoms with van der Waals surface area (Å²) in [6.45, 7) is 1.74. The Morgan fingerprint density at radius 3 is 2.85 bits per heavy atom. The van der Waals surface area contributed by atoms with Crippen molar-refractivity contribution in [2.24, 2.45) is 7.05 Å². The van der Waals surface area contributed by atoms with Crippen molar-refractivity contribution in [1.82, 2.24) is 24.3 Å². The van der Waals surface area contributed by atoms with Crippen LogP contribution in [0.3, 0.4) is 0 Å². The maximum atomic E-state index is 12.9. The minimum atomic E-state index is -0.346. The summed E-state index contributed by atoms with van der Waals surface area (Å²) in [5.41, 5.74) is 1.53. The Balaban J connectivity index is 1.77. The first-order valence-electron chi connectivity index (χ1n) is 7.86. The molecule has 0 spiro atoms. The summed E-state index contributed by atoms with van der Waals surface area (Å²) in [4.78, 5) is 34.4. The van der Waals surface area contributed by atoms with Gasteiger partial charge in [0, 0.05) is 12.1 Å². The predicted octanol–water partition coefficient (Wildman–Crippen LogP) is 2.79. The monoisotopic (exact) mass is 400 g/mol. The molecule has 1 N–H and O–H groups in total. The first-order chi connectivity index (χ1) is 13.0. The third kappa shape index (κ3) is 3.00. The van der Waals surface area contributed by atoms with Crippen molar-refractivity contribution in [3.8, 4) is 5.69 Å². The number of thiophene rings is 1. The number of benzene rings is 1. The summed E-state index contributed by atoms with van der Waals surface area (Å²) in [6, 6.07) is 5.07. The summed E-state index contributed by atoms with van der Waals surface area (Å²) in [6.07, 6.45) is 4.37. The molecule has 0 unspecified atom stereocenters. The summed E-state index contributed by atoms with van der Waals surface area (Å²) >= 11 is 7.27. The van der Waals surface area contributed by atoms with Gasteiger partial charge in [-0.3, -0.25) is 9.59 Å². The van der Waals surface area contributed by atoms with Gasteiger partial charge in [-0.05, 0) is 30.7 Å². The van der Waals surface area contributed by atoms with Gasteiger partial charge in [-0.2, -0.15) is 5.10 Å². The van der Waals surface area contributed by atoms with Gasteiger partial charge in [0.15, 0.2) is 0 Å². The molecule has 3 heterocycles. The Kier molecular flexibility index (Phi) is 4.25. The van der Waals surface area contributed by atoms with Crippen LogP contribution in [-0.4, -0.2) is 30.2 Å². The molecule has 0 aliphatic rings. The van der Waals surface area contributed by atoms with E-state index in [1.165, 1.54) is 39.6 Å². The lowest BCUT2D eigenvalue weighted by Gasteiger charge is -2.11. The summed E-state index contributed by atoms with van der Waals surface area (Å²) in [5.74, 6) is -0.346. The Labute approximate surface area is 162 Å². The van der Waals surface area contributed by atoms with E-state index in [0.717, 1.165) is 0 Å². The Hall–Kier alpha value is -3.04. The number of fused-ring (bicyclic) bond motifs is 1. The van der Waals surface area contributed by atoms with Crippen molar-refractivity contribution in [3.63, 3.8) is 0 Å². The normalized spacial score (nSPS) is 11.1. The van der Waals surface area contributed by atoms with E-state index in [0.29, 0.717) is 37.1 Å². The number of halogens is 1. The molecular formula is C17H13ClN6O2S. The predicted molar refractivity (Wildman–Crippen MR) is 104 cm³/mol. The van der Waals surface area contributed by atoms with Crippen LogP contribution in [0.15, 0.2) is 42.0 Å². The average molecular weight is 401 g/mol. The lowest BCUT2D eigenvalue weighted by molar-refractivity contribution is 0.103. The lowest BCUT2D eigenvalue weighted by atomic mass is 10.2. The molecule has 1 amide bonds.